The quantitative estimate of drug-likeness (QED) is 0.0191. The Morgan fingerprint density at radius 2 is 1.47 bits per heavy atom. The van der Waals surface area contributed by atoms with E-state index in [1.807, 2.05) is 25.1 Å². The number of hydrogen-bond donors (Lipinski definition) is 2. The molecule has 0 radical (unpaired) electrons. The summed E-state index contributed by atoms with van der Waals surface area (Å²) < 4.78 is 45.9. The monoisotopic (exact) mass is 1080 g/mol. The Hall–Kier alpha value is -7.11. The largest absolute Gasteiger partial charge is 0.493 e. The van der Waals surface area contributed by atoms with Crippen molar-refractivity contribution in [2.45, 2.75) is 74.0 Å². The number of nitrogens with zero attached hydrogens (tertiary/aromatic N) is 5. The number of ether oxygens (including phenoxy) is 8. The Bertz CT molecular complexity index is 2520. The number of oxime groups is 1. The molecule has 404 valence electrons. The molecule has 2 N–H and O–H groups in total. The van der Waals surface area contributed by atoms with E-state index < -0.39 is 36.5 Å². The number of anilines is 2. The van der Waals surface area contributed by atoms with E-state index in [0.717, 1.165) is 17.0 Å². The molecule has 75 heavy (non-hydrogen) atoms. The summed E-state index contributed by atoms with van der Waals surface area (Å²) in [6.07, 6.45) is 6.78. The first kappa shape index (κ1) is 57.2. The van der Waals surface area contributed by atoms with Crippen LogP contribution in [0.5, 0.6) is 23.0 Å². The molecule has 23 heteroatoms. The Kier molecular flexibility index (Phi) is 22.2. The number of pyridine rings is 1. The van der Waals surface area contributed by atoms with Crippen LogP contribution in [0.3, 0.4) is 0 Å². The van der Waals surface area contributed by atoms with Crippen LogP contribution in [0.4, 0.5) is 25.8 Å². The van der Waals surface area contributed by atoms with E-state index in [2.05, 4.69) is 40.5 Å². The lowest BCUT2D eigenvalue weighted by Gasteiger charge is -2.33. The summed E-state index contributed by atoms with van der Waals surface area (Å²) in [6.45, 7) is 14.9. The highest BCUT2D eigenvalue weighted by Gasteiger charge is 2.45. The van der Waals surface area contributed by atoms with Gasteiger partial charge in [-0.25, -0.2) is 19.4 Å². The van der Waals surface area contributed by atoms with E-state index in [4.69, 9.17) is 42.7 Å². The SMILES string of the molecule is C=CCOC(=O)Nc1cc(OCCCCCOc2cc(NC(=O)OCC(C)SSc3ccccn3)c(C(=O)N3CCC[C@H]3/C=N/OC)cc2OC)c(OC)cc1C(=O)N1CC(=C)C[C@H]1C1OCCN1C(=O)OCC=C. The van der Waals surface area contributed by atoms with Gasteiger partial charge in [0.25, 0.3) is 11.8 Å². The van der Waals surface area contributed by atoms with Gasteiger partial charge in [0.2, 0.25) is 0 Å². The highest BCUT2D eigenvalue weighted by molar-refractivity contribution is 8.76. The lowest BCUT2D eigenvalue weighted by Crippen LogP contribution is -2.50. The average Bonchev–Trinajstić information content (AvgIpc) is 4.20. The van der Waals surface area contributed by atoms with Crippen molar-refractivity contribution >= 4 is 69.3 Å². The van der Waals surface area contributed by atoms with Crippen molar-refractivity contribution in [3.05, 3.63) is 97.3 Å². The van der Waals surface area contributed by atoms with Gasteiger partial charge in [-0.3, -0.25) is 25.1 Å². The maximum atomic E-state index is 14.5. The Labute approximate surface area is 444 Å². The van der Waals surface area contributed by atoms with Gasteiger partial charge in [-0.1, -0.05) is 59.5 Å². The van der Waals surface area contributed by atoms with Crippen LogP contribution < -0.4 is 29.6 Å². The number of likely N-dealkylation sites (tertiary alicyclic amines) is 2. The summed E-state index contributed by atoms with van der Waals surface area (Å²) in [5.41, 5.74) is 1.28. The number of nitrogens with one attached hydrogen (secondary N) is 2. The van der Waals surface area contributed by atoms with Crippen LogP contribution in [0.15, 0.2) is 96.3 Å². The third-order valence-electron chi connectivity index (χ3n) is 11.8. The van der Waals surface area contributed by atoms with Gasteiger partial charge >= 0.3 is 18.3 Å². The number of hydrogen-bond acceptors (Lipinski definition) is 18. The molecule has 3 saturated heterocycles. The summed E-state index contributed by atoms with van der Waals surface area (Å²) in [5.74, 6) is 0.234. The standard InChI is InChI=1S/C52H65N7O14S2/c1-8-21-71-50(62)55-40-30-45(43(66-6)28-38(40)48(61)59-32-34(3)26-41(59)49-58(20-25-70-49)52(64)72-22-9-2)69-24-14-10-13-23-68-44-29-39(56-51(63)73-33-35(4)74-75-46-17-11-12-18-53-46)37(27-42(44)65-5)47(60)57-19-15-16-36(57)31-54-67-7/h8-9,11-12,17-18,27-31,35-36,41,49H,1-3,10,13-16,19-26,32-33H2,4-7H3,(H,55,62)(H,56,63)/b54-31+/t35?,36-,41-,49?/m0/s1. The molecule has 4 heterocycles. The fourth-order valence-corrected chi connectivity index (χ4v) is 10.2. The molecular weight excluding hydrogens is 1010 g/mol. The smallest absolute Gasteiger partial charge is 0.412 e. The second kappa shape index (κ2) is 29.1. The molecule has 2 unspecified atom stereocenters. The maximum Gasteiger partial charge on any atom is 0.412 e. The third-order valence-corrected chi connectivity index (χ3v) is 14.6. The molecule has 3 aliphatic heterocycles. The summed E-state index contributed by atoms with van der Waals surface area (Å²) in [6, 6.07) is 10.8. The van der Waals surface area contributed by atoms with Crippen LogP contribution in [0.25, 0.3) is 0 Å². The van der Waals surface area contributed by atoms with Gasteiger partial charge in [-0.05, 0) is 80.5 Å². The minimum absolute atomic E-state index is 0.0142. The molecule has 3 fully saturated rings. The lowest BCUT2D eigenvalue weighted by molar-refractivity contribution is -0.0194. The molecule has 4 atom stereocenters. The van der Waals surface area contributed by atoms with Crippen LogP contribution in [0.1, 0.15) is 66.2 Å². The van der Waals surface area contributed by atoms with Gasteiger partial charge in [0, 0.05) is 36.7 Å². The highest BCUT2D eigenvalue weighted by atomic mass is 33.1. The molecule has 3 aromatic rings. The molecule has 6 rings (SSSR count). The van der Waals surface area contributed by atoms with E-state index in [0.29, 0.717) is 44.4 Å². The van der Waals surface area contributed by atoms with Crippen molar-refractivity contribution in [3.63, 3.8) is 0 Å². The van der Waals surface area contributed by atoms with E-state index >= 15 is 0 Å². The molecule has 1 aromatic heterocycles. The molecule has 2 aromatic carbocycles. The number of carbonyl (C=O) groups is 5. The molecule has 0 aliphatic carbocycles. The second-order valence-electron chi connectivity index (χ2n) is 17.2. The van der Waals surface area contributed by atoms with E-state index in [1.54, 1.807) is 34.3 Å². The predicted octanol–water partition coefficient (Wildman–Crippen LogP) is 8.83. The summed E-state index contributed by atoms with van der Waals surface area (Å²) >= 11 is 0. The van der Waals surface area contributed by atoms with Gasteiger partial charge in [0.05, 0.1) is 81.4 Å². The van der Waals surface area contributed by atoms with Crippen LogP contribution in [-0.2, 0) is 23.8 Å². The Morgan fingerprint density at radius 1 is 0.827 bits per heavy atom. The average molecular weight is 1080 g/mol. The number of methoxy groups -OCH3 is 2. The van der Waals surface area contributed by atoms with E-state index in [1.165, 1.54) is 72.1 Å². The van der Waals surface area contributed by atoms with Crippen molar-refractivity contribution in [1.29, 1.82) is 0 Å². The van der Waals surface area contributed by atoms with Gasteiger partial charge < -0.3 is 52.5 Å². The van der Waals surface area contributed by atoms with Gasteiger partial charge in [-0.2, -0.15) is 0 Å². The van der Waals surface area contributed by atoms with E-state index in [-0.39, 0.29) is 110 Å². The molecule has 3 aliphatic rings. The normalized spacial score (nSPS) is 17.5. The first-order valence-electron chi connectivity index (χ1n) is 24.3. The van der Waals surface area contributed by atoms with Gasteiger partial charge in [0.1, 0.15) is 32.0 Å². The van der Waals surface area contributed by atoms with Crippen LogP contribution in [0, 0.1) is 0 Å². The summed E-state index contributed by atoms with van der Waals surface area (Å²) in [7, 11) is 7.33. The number of rotatable bonds is 26. The molecule has 5 amide bonds. The minimum atomic E-state index is -0.831. The zero-order valence-corrected chi connectivity index (χ0v) is 44.3. The molecule has 21 nitrogen and oxygen atoms in total. The lowest BCUT2D eigenvalue weighted by atomic mass is 10.1. The number of carbonyl (C=O) groups excluding carboxylic acids is 5. The van der Waals surface area contributed by atoms with Crippen molar-refractivity contribution in [2.24, 2.45) is 5.16 Å². The number of unbranched alkanes of at least 4 members (excludes halogenated alkanes) is 2. The third kappa shape index (κ3) is 15.9. The molecular formula is C52H65N7O14S2. The second-order valence-corrected chi connectivity index (χ2v) is 19.8. The Morgan fingerprint density at radius 3 is 2.08 bits per heavy atom. The zero-order valence-electron chi connectivity index (χ0n) is 42.7. The minimum Gasteiger partial charge on any atom is -0.493 e. The van der Waals surface area contributed by atoms with Crippen LogP contribution in [0.2, 0.25) is 0 Å². The molecule has 0 saturated carbocycles. The van der Waals surface area contributed by atoms with Crippen LogP contribution >= 0.6 is 21.6 Å². The fraction of sp³-hybridized carbons (Fsp3) is 0.442. The van der Waals surface area contributed by atoms with Crippen molar-refractivity contribution < 1.29 is 66.7 Å². The van der Waals surface area contributed by atoms with Crippen LogP contribution in [-0.4, -0.2) is 160 Å². The highest BCUT2D eigenvalue weighted by Crippen LogP contribution is 2.39. The van der Waals surface area contributed by atoms with E-state index in [9.17, 15) is 24.0 Å². The van der Waals surface area contributed by atoms with Crippen molar-refractivity contribution in [1.82, 2.24) is 19.7 Å². The summed E-state index contributed by atoms with van der Waals surface area (Å²) in [4.78, 5) is 81.7. The van der Waals surface area contributed by atoms with Crippen molar-refractivity contribution in [3.8, 4) is 23.0 Å². The fourth-order valence-electron chi connectivity index (χ4n) is 8.31. The van der Waals surface area contributed by atoms with Gasteiger partial charge in [0.15, 0.2) is 29.2 Å². The number of benzene rings is 2. The molecule has 0 spiro atoms. The predicted molar refractivity (Wildman–Crippen MR) is 284 cm³/mol. The Balaban J connectivity index is 1.11. The zero-order chi connectivity index (χ0) is 53.7. The number of amides is 5. The first-order valence-corrected chi connectivity index (χ1v) is 26.5. The topological polar surface area (TPSA) is 227 Å². The van der Waals surface area contributed by atoms with Gasteiger partial charge in [-0.15, -0.1) is 0 Å². The maximum absolute atomic E-state index is 14.5. The molecule has 0 bridgehead atoms. The van der Waals surface area contributed by atoms with Crippen molar-refractivity contribution in [2.75, 3.05) is 91.2 Å². The first-order chi connectivity index (χ1) is 36.4. The number of aromatic nitrogens is 1. The summed E-state index contributed by atoms with van der Waals surface area (Å²) in [5, 5.41) is 10.1.